The fraction of sp³-hybridized carbons (Fsp3) is 0.111. The molecule has 1 amide bonds. The molecule has 0 aliphatic carbocycles. The molecule has 1 atom stereocenters. The Bertz CT molecular complexity index is 1020. The number of carbonyl (C=O) groups is 2. The van der Waals surface area contributed by atoms with E-state index < -0.39 is 12.0 Å². The second-order valence-electron chi connectivity index (χ2n) is 5.92. The van der Waals surface area contributed by atoms with Gasteiger partial charge in [-0.2, -0.15) is 0 Å². The standard InChI is InChI=1S/C18H17N5O3S2/c1-10(16(25)26)19-12-5-2-4-11(8-12)15(24)20-13-6-3-7-14(9-13)23-17(27)21-22-18(23)28/h2-10,19H,1H3,(H,20,24)(H,21,27)(H,22,28)(H,25,26). The monoisotopic (exact) mass is 415 g/mol. The maximum absolute atomic E-state index is 12.6. The lowest BCUT2D eigenvalue weighted by atomic mass is 10.1. The number of thiol groups is 2. The van der Waals surface area contributed by atoms with Gasteiger partial charge < -0.3 is 15.7 Å². The Kier molecular flexibility index (Phi) is 5.90. The van der Waals surface area contributed by atoms with Crippen LogP contribution in [-0.4, -0.2) is 37.8 Å². The number of carboxylic acid groups (broad SMARTS) is 1. The van der Waals surface area contributed by atoms with E-state index in [0.29, 0.717) is 32.9 Å². The predicted octanol–water partition coefficient (Wildman–Crippen LogP) is 2.98. The number of anilines is 2. The fourth-order valence-electron chi connectivity index (χ4n) is 2.49. The topological polar surface area (TPSA) is 109 Å². The zero-order valence-electron chi connectivity index (χ0n) is 14.7. The van der Waals surface area contributed by atoms with Crippen LogP contribution in [0.25, 0.3) is 5.69 Å². The number of aromatic nitrogens is 3. The molecule has 3 N–H and O–H groups in total. The average molecular weight is 416 g/mol. The van der Waals surface area contributed by atoms with Crippen molar-refractivity contribution in [3.05, 3.63) is 54.1 Å². The molecular formula is C18H17N5O3S2. The average Bonchev–Trinajstić information content (AvgIpc) is 3.00. The van der Waals surface area contributed by atoms with Crippen molar-refractivity contribution in [2.75, 3.05) is 10.6 Å². The lowest BCUT2D eigenvalue weighted by Gasteiger charge is -2.12. The van der Waals surface area contributed by atoms with Crippen molar-refractivity contribution in [2.24, 2.45) is 0 Å². The van der Waals surface area contributed by atoms with Gasteiger partial charge in [-0.05, 0) is 43.3 Å². The number of carbonyl (C=O) groups excluding carboxylic acids is 1. The van der Waals surface area contributed by atoms with Crippen molar-refractivity contribution in [2.45, 2.75) is 23.3 Å². The Morgan fingerprint density at radius 2 is 1.68 bits per heavy atom. The summed E-state index contributed by atoms with van der Waals surface area (Å²) in [5, 5.41) is 23.1. The number of nitrogens with zero attached hydrogens (tertiary/aromatic N) is 3. The third-order valence-electron chi connectivity index (χ3n) is 3.87. The number of amides is 1. The Morgan fingerprint density at radius 3 is 2.36 bits per heavy atom. The highest BCUT2D eigenvalue weighted by Crippen LogP contribution is 2.22. The van der Waals surface area contributed by atoms with Gasteiger partial charge in [0.2, 0.25) is 0 Å². The molecule has 0 bridgehead atoms. The Labute approximate surface area is 171 Å². The molecule has 0 spiro atoms. The van der Waals surface area contributed by atoms with Gasteiger partial charge in [0.15, 0.2) is 10.3 Å². The lowest BCUT2D eigenvalue weighted by Crippen LogP contribution is -2.25. The molecule has 28 heavy (non-hydrogen) atoms. The minimum absolute atomic E-state index is 0.329. The molecular weight excluding hydrogens is 398 g/mol. The first-order valence-corrected chi connectivity index (χ1v) is 9.09. The number of benzene rings is 2. The van der Waals surface area contributed by atoms with Crippen molar-refractivity contribution in [1.82, 2.24) is 14.8 Å². The molecule has 0 saturated carbocycles. The summed E-state index contributed by atoms with van der Waals surface area (Å²) in [7, 11) is 0. The van der Waals surface area contributed by atoms with Crippen molar-refractivity contribution < 1.29 is 14.7 Å². The van der Waals surface area contributed by atoms with Crippen LogP contribution in [0, 0.1) is 0 Å². The number of hydrogen-bond donors (Lipinski definition) is 5. The van der Waals surface area contributed by atoms with Gasteiger partial charge in [0.05, 0.1) is 5.69 Å². The number of rotatable bonds is 6. The van der Waals surface area contributed by atoms with Crippen LogP contribution in [0.3, 0.4) is 0 Å². The molecule has 0 radical (unpaired) electrons. The van der Waals surface area contributed by atoms with E-state index in [9.17, 15) is 9.59 Å². The second-order valence-corrected chi connectivity index (χ2v) is 6.72. The highest BCUT2D eigenvalue weighted by atomic mass is 32.1. The SMILES string of the molecule is CC(Nc1cccc(C(=O)Nc2cccc(-n3c(S)nnc3S)c2)c1)C(=O)O. The largest absolute Gasteiger partial charge is 0.480 e. The minimum atomic E-state index is -0.979. The Hall–Kier alpha value is -2.98. The van der Waals surface area contributed by atoms with Gasteiger partial charge in [-0.15, -0.1) is 35.5 Å². The number of nitrogens with one attached hydrogen (secondary N) is 2. The molecule has 3 rings (SSSR count). The molecule has 0 fully saturated rings. The molecule has 0 aliphatic heterocycles. The highest BCUT2D eigenvalue weighted by molar-refractivity contribution is 7.80. The smallest absolute Gasteiger partial charge is 0.325 e. The summed E-state index contributed by atoms with van der Waals surface area (Å²) < 4.78 is 1.62. The van der Waals surface area contributed by atoms with E-state index in [2.05, 4.69) is 46.1 Å². The molecule has 144 valence electrons. The number of aliphatic carboxylic acids is 1. The van der Waals surface area contributed by atoms with E-state index in [1.807, 2.05) is 6.07 Å². The van der Waals surface area contributed by atoms with E-state index in [1.165, 1.54) is 6.92 Å². The van der Waals surface area contributed by atoms with Gasteiger partial charge in [0.1, 0.15) is 6.04 Å². The van der Waals surface area contributed by atoms with Crippen LogP contribution in [-0.2, 0) is 4.79 Å². The van der Waals surface area contributed by atoms with Crippen LogP contribution >= 0.6 is 25.3 Å². The van der Waals surface area contributed by atoms with E-state index >= 15 is 0 Å². The molecule has 0 aliphatic rings. The number of carboxylic acids is 1. The fourth-order valence-corrected chi connectivity index (χ4v) is 3.08. The molecule has 1 heterocycles. The second kappa shape index (κ2) is 8.36. The predicted molar refractivity (Wildman–Crippen MR) is 111 cm³/mol. The van der Waals surface area contributed by atoms with E-state index in [4.69, 9.17) is 5.11 Å². The molecule has 1 aromatic heterocycles. The number of hydrogen-bond acceptors (Lipinski definition) is 7. The van der Waals surface area contributed by atoms with Gasteiger partial charge in [-0.1, -0.05) is 12.1 Å². The summed E-state index contributed by atoms with van der Waals surface area (Å²) in [4.78, 5) is 23.6. The van der Waals surface area contributed by atoms with Crippen molar-refractivity contribution in [3.63, 3.8) is 0 Å². The first-order chi connectivity index (χ1) is 13.3. The van der Waals surface area contributed by atoms with E-state index in [1.54, 1.807) is 47.0 Å². The van der Waals surface area contributed by atoms with E-state index in [-0.39, 0.29) is 5.91 Å². The minimum Gasteiger partial charge on any atom is -0.480 e. The van der Waals surface area contributed by atoms with Crippen molar-refractivity contribution in [3.8, 4) is 5.69 Å². The summed E-state index contributed by atoms with van der Waals surface area (Å²) >= 11 is 8.50. The van der Waals surface area contributed by atoms with Crippen LogP contribution in [0.2, 0.25) is 0 Å². The highest BCUT2D eigenvalue weighted by Gasteiger charge is 2.13. The first-order valence-electron chi connectivity index (χ1n) is 8.19. The zero-order valence-corrected chi connectivity index (χ0v) is 16.5. The maximum Gasteiger partial charge on any atom is 0.325 e. The lowest BCUT2D eigenvalue weighted by molar-refractivity contribution is -0.137. The third-order valence-corrected chi connectivity index (χ3v) is 4.45. The van der Waals surface area contributed by atoms with Gasteiger partial charge >= 0.3 is 5.97 Å². The third kappa shape index (κ3) is 4.46. The molecule has 10 heteroatoms. The maximum atomic E-state index is 12.6. The molecule has 8 nitrogen and oxygen atoms in total. The van der Waals surface area contributed by atoms with Gasteiger partial charge in [-0.25, -0.2) is 0 Å². The van der Waals surface area contributed by atoms with Crippen LogP contribution in [0.1, 0.15) is 17.3 Å². The normalized spacial score (nSPS) is 11.7. The summed E-state index contributed by atoms with van der Waals surface area (Å²) in [5.74, 6) is -1.31. The molecule has 0 saturated heterocycles. The Balaban J connectivity index is 1.79. The van der Waals surface area contributed by atoms with Crippen molar-refractivity contribution >= 4 is 48.5 Å². The summed E-state index contributed by atoms with van der Waals surface area (Å²) in [6, 6.07) is 12.9. The van der Waals surface area contributed by atoms with Crippen LogP contribution in [0.15, 0.2) is 58.8 Å². The first kappa shape index (κ1) is 19.8. The summed E-state index contributed by atoms with van der Waals surface area (Å²) in [6.07, 6.45) is 0. The van der Waals surface area contributed by atoms with E-state index in [0.717, 1.165) is 0 Å². The van der Waals surface area contributed by atoms with Gasteiger partial charge in [0, 0.05) is 16.9 Å². The quantitative estimate of drug-likeness (QED) is 0.396. The Morgan fingerprint density at radius 1 is 1.04 bits per heavy atom. The molecule has 3 aromatic rings. The summed E-state index contributed by atoms with van der Waals surface area (Å²) in [6.45, 7) is 1.52. The van der Waals surface area contributed by atoms with Crippen LogP contribution < -0.4 is 10.6 Å². The van der Waals surface area contributed by atoms with Gasteiger partial charge in [-0.3, -0.25) is 14.2 Å². The zero-order chi connectivity index (χ0) is 20.3. The molecule has 2 aromatic carbocycles. The van der Waals surface area contributed by atoms with Crippen LogP contribution in [0.4, 0.5) is 11.4 Å². The van der Waals surface area contributed by atoms with Crippen molar-refractivity contribution in [1.29, 1.82) is 0 Å². The molecule has 1 unspecified atom stereocenters. The van der Waals surface area contributed by atoms with Gasteiger partial charge in [0.25, 0.3) is 5.91 Å². The summed E-state index contributed by atoms with van der Waals surface area (Å²) in [5.41, 5.74) is 2.19. The van der Waals surface area contributed by atoms with Crippen LogP contribution in [0.5, 0.6) is 0 Å².